The van der Waals surface area contributed by atoms with Crippen molar-refractivity contribution in [2.24, 2.45) is 0 Å². The van der Waals surface area contributed by atoms with Crippen LogP contribution >= 0.6 is 11.6 Å². The van der Waals surface area contributed by atoms with Gasteiger partial charge in [-0.25, -0.2) is 0 Å². The van der Waals surface area contributed by atoms with E-state index in [0.29, 0.717) is 5.02 Å². The number of aromatic amines is 1. The molecule has 62 valence electrons. The van der Waals surface area contributed by atoms with Gasteiger partial charge in [0.05, 0.1) is 6.61 Å². The minimum Gasteiger partial charge on any atom is -0.390 e. The molecule has 0 saturated heterocycles. The van der Waals surface area contributed by atoms with Crippen molar-refractivity contribution >= 4 is 22.5 Å². The molecule has 0 aliphatic carbocycles. The molecule has 0 amide bonds. The zero-order chi connectivity index (χ0) is 8.55. The molecule has 0 aliphatic heterocycles. The summed E-state index contributed by atoms with van der Waals surface area (Å²) in [6.07, 6.45) is 0. The molecule has 2 rings (SSSR count). The van der Waals surface area contributed by atoms with Gasteiger partial charge in [-0.1, -0.05) is 17.7 Å². The van der Waals surface area contributed by atoms with Crippen LogP contribution in [0.2, 0.25) is 5.02 Å². The van der Waals surface area contributed by atoms with Crippen LogP contribution in [-0.2, 0) is 6.61 Å². The van der Waals surface area contributed by atoms with Crippen LogP contribution in [0.4, 0.5) is 0 Å². The molecule has 1 aromatic heterocycles. The normalized spacial score (nSPS) is 10.8. The number of H-pyrrole nitrogens is 1. The summed E-state index contributed by atoms with van der Waals surface area (Å²) in [4.78, 5) is 3.05. The molecule has 1 aromatic carbocycles. The second-order valence-corrected chi connectivity index (χ2v) is 3.06. The van der Waals surface area contributed by atoms with Crippen LogP contribution in [0, 0.1) is 0 Å². The van der Waals surface area contributed by atoms with E-state index in [0.717, 1.165) is 16.6 Å². The Morgan fingerprint density at radius 1 is 1.42 bits per heavy atom. The molecule has 12 heavy (non-hydrogen) atoms. The van der Waals surface area contributed by atoms with Crippen molar-refractivity contribution in [2.75, 3.05) is 0 Å². The summed E-state index contributed by atoms with van der Waals surface area (Å²) in [5.74, 6) is 0. The second kappa shape index (κ2) is 2.81. The zero-order valence-corrected chi connectivity index (χ0v) is 7.10. The first kappa shape index (κ1) is 7.65. The summed E-state index contributed by atoms with van der Waals surface area (Å²) in [6.45, 7) is 0.0189. The summed E-state index contributed by atoms with van der Waals surface area (Å²) in [7, 11) is 0. The lowest BCUT2D eigenvalue weighted by atomic mass is 10.2. The van der Waals surface area contributed by atoms with Gasteiger partial charge in [-0.3, -0.25) is 0 Å². The third-order valence-electron chi connectivity index (χ3n) is 1.84. The molecule has 0 aliphatic rings. The van der Waals surface area contributed by atoms with Crippen LogP contribution in [-0.4, -0.2) is 10.1 Å². The smallest absolute Gasteiger partial charge is 0.0831 e. The molecule has 0 spiro atoms. The number of benzene rings is 1. The van der Waals surface area contributed by atoms with Gasteiger partial charge in [0.2, 0.25) is 0 Å². The van der Waals surface area contributed by atoms with Gasteiger partial charge in [-0.05, 0) is 18.2 Å². The topological polar surface area (TPSA) is 36.0 Å². The molecule has 0 bridgehead atoms. The van der Waals surface area contributed by atoms with Crippen LogP contribution in [0.25, 0.3) is 10.9 Å². The number of hydrogen-bond donors (Lipinski definition) is 2. The molecule has 0 atom stereocenters. The summed E-state index contributed by atoms with van der Waals surface area (Å²) in [5, 5.41) is 10.5. The quantitative estimate of drug-likeness (QED) is 0.696. The SMILES string of the molecule is OCc1cc2c(Cl)cccc2[nH]1. The first-order valence-corrected chi connectivity index (χ1v) is 4.06. The third kappa shape index (κ3) is 1.09. The minimum atomic E-state index is 0.0189. The standard InChI is InChI=1S/C9H8ClNO/c10-8-2-1-3-9-7(8)4-6(5-12)11-9/h1-4,11-12H,5H2. The summed E-state index contributed by atoms with van der Waals surface area (Å²) in [5.41, 5.74) is 1.75. The summed E-state index contributed by atoms with van der Waals surface area (Å²) >= 11 is 5.93. The van der Waals surface area contributed by atoms with Crippen molar-refractivity contribution < 1.29 is 5.11 Å². The summed E-state index contributed by atoms with van der Waals surface area (Å²) in [6, 6.07) is 7.50. The van der Waals surface area contributed by atoms with Crippen molar-refractivity contribution in [1.82, 2.24) is 4.98 Å². The van der Waals surface area contributed by atoms with Crippen LogP contribution in [0.3, 0.4) is 0 Å². The van der Waals surface area contributed by atoms with E-state index in [4.69, 9.17) is 16.7 Å². The average Bonchev–Trinajstić information content (AvgIpc) is 2.49. The van der Waals surface area contributed by atoms with Crippen molar-refractivity contribution in [3.05, 3.63) is 35.0 Å². The highest BCUT2D eigenvalue weighted by molar-refractivity contribution is 6.35. The van der Waals surface area contributed by atoms with Gasteiger partial charge in [0.1, 0.15) is 0 Å². The highest BCUT2D eigenvalue weighted by Crippen LogP contribution is 2.23. The van der Waals surface area contributed by atoms with Crippen molar-refractivity contribution in [2.45, 2.75) is 6.61 Å². The number of aliphatic hydroxyl groups is 1. The van der Waals surface area contributed by atoms with Crippen LogP contribution in [0.5, 0.6) is 0 Å². The molecule has 2 aromatic rings. The van der Waals surface area contributed by atoms with Crippen molar-refractivity contribution in [3.8, 4) is 0 Å². The Hall–Kier alpha value is -0.990. The lowest BCUT2D eigenvalue weighted by Crippen LogP contribution is -1.78. The Morgan fingerprint density at radius 3 is 2.92 bits per heavy atom. The number of aromatic nitrogens is 1. The lowest BCUT2D eigenvalue weighted by Gasteiger charge is -1.89. The van der Waals surface area contributed by atoms with Gasteiger partial charge in [0, 0.05) is 21.6 Å². The van der Waals surface area contributed by atoms with Crippen LogP contribution in [0.1, 0.15) is 5.69 Å². The number of nitrogens with one attached hydrogen (secondary N) is 1. The Kier molecular flexibility index (Phi) is 1.79. The zero-order valence-electron chi connectivity index (χ0n) is 6.34. The average molecular weight is 182 g/mol. The predicted molar refractivity (Wildman–Crippen MR) is 49.2 cm³/mol. The minimum absolute atomic E-state index is 0.0189. The second-order valence-electron chi connectivity index (χ2n) is 2.65. The van der Waals surface area contributed by atoms with Gasteiger partial charge in [0.15, 0.2) is 0 Å². The monoisotopic (exact) mass is 181 g/mol. The molecule has 0 saturated carbocycles. The van der Waals surface area contributed by atoms with E-state index in [1.807, 2.05) is 24.3 Å². The van der Waals surface area contributed by atoms with Crippen LogP contribution < -0.4 is 0 Å². The van der Waals surface area contributed by atoms with Crippen molar-refractivity contribution in [1.29, 1.82) is 0 Å². The van der Waals surface area contributed by atoms with Crippen LogP contribution in [0.15, 0.2) is 24.3 Å². The molecular formula is C9H8ClNO. The van der Waals surface area contributed by atoms with E-state index in [9.17, 15) is 0 Å². The maximum Gasteiger partial charge on any atom is 0.0831 e. The highest BCUT2D eigenvalue weighted by atomic mass is 35.5. The van der Waals surface area contributed by atoms with E-state index >= 15 is 0 Å². The number of fused-ring (bicyclic) bond motifs is 1. The molecule has 0 unspecified atom stereocenters. The molecule has 2 nitrogen and oxygen atoms in total. The lowest BCUT2D eigenvalue weighted by molar-refractivity contribution is 0.278. The highest BCUT2D eigenvalue weighted by Gasteiger charge is 2.01. The largest absolute Gasteiger partial charge is 0.390 e. The van der Waals surface area contributed by atoms with E-state index in [1.54, 1.807) is 0 Å². The molecule has 3 heteroatoms. The number of halogens is 1. The Morgan fingerprint density at radius 2 is 2.25 bits per heavy atom. The van der Waals surface area contributed by atoms with E-state index in [1.165, 1.54) is 0 Å². The Balaban J connectivity index is 2.74. The van der Waals surface area contributed by atoms with Gasteiger partial charge in [-0.15, -0.1) is 0 Å². The van der Waals surface area contributed by atoms with E-state index < -0.39 is 0 Å². The fourth-order valence-electron chi connectivity index (χ4n) is 1.26. The molecule has 0 radical (unpaired) electrons. The molecular weight excluding hydrogens is 174 g/mol. The van der Waals surface area contributed by atoms with E-state index in [-0.39, 0.29) is 6.61 Å². The maximum absolute atomic E-state index is 8.86. The number of hydrogen-bond acceptors (Lipinski definition) is 1. The fraction of sp³-hybridized carbons (Fsp3) is 0.111. The Labute approximate surface area is 74.8 Å². The predicted octanol–water partition coefficient (Wildman–Crippen LogP) is 2.31. The first-order chi connectivity index (χ1) is 5.81. The first-order valence-electron chi connectivity index (χ1n) is 3.68. The van der Waals surface area contributed by atoms with Gasteiger partial charge in [-0.2, -0.15) is 0 Å². The van der Waals surface area contributed by atoms with Gasteiger partial charge in [0.25, 0.3) is 0 Å². The van der Waals surface area contributed by atoms with E-state index in [2.05, 4.69) is 4.98 Å². The maximum atomic E-state index is 8.86. The Bertz CT molecular complexity index is 408. The molecule has 0 fully saturated rings. The van der Waals surface area contributed by atoms with Gasteiger partial charge >= 0.3 is 0 Å². The molecule has 2 N–H and O–H groups in total. The fourth-order valence-corrected chi connectivity index (χ4v) is 1.49. The summed E-state index contributed by atoms with van der Waals surface area (Å²) < 4.78 is 0. The van der Waals surface area contributed by atoms with Crippen molar-refractivity contribution in [3.63, 3.8) is 0 Å². The van der Waals surface area contributed by atoms with Gasteiger partial charge < -0.3 is 10.1 Å². The third-order valence-corrected chi connectivity index (χ3v) is 2.17. The number of aliphatic hydroxyl groups excluding tert-OH is 1. The number of rotatable bonds is 1. The molecule has 1 heterocycles.